The Balaban J connectivity index is 2.39. The summed E-state index contributed by atoms with van der Waals surface area (Å²) in [5.74, 6) is 1.01. The van der Waals surface area contributed by atoms with Crippen molar-refractivity contribution in [2.45, 2.75) is 33.2 Å². The van der Waals surface area contributed by atoms with Gasteiger partial charge < -0.3 is 10.2 Å². The number of benzene rings is 1. The second-order valence-corrected chi connectivity index (χ2v) is 5.45. The molecule has 1 aromatic carbocycles. The molecule has 0 spiro atoms. The number of nitrogens with zero attached hydrogens (tertiary/aromatic N) is 2. The monoisotopic (exact) mass is 283 g/mol. The van der Waals surface area contributed by atoms with E-state index >= 15 is 0 Å². The van der Waals surface area contributed by atoms with Crippen LogP contribution < -0.4 is 10.2 Å². The Hall–Kier alpha value is -1.87. The van der Waals surface area contributed by atoms with Crippen molar-refractivity contribution in [2.75, 3.05) is 19.0 Å². The predicted molar refractivity (Wildman–Crippen MR) is 90.2 cm³/mol. The molecule has 112 valence electrons. The summed E-state index contributed by atoms with van der Waals surface area (Å²) in [4.78, 5) is 7.00. The fourth-order valence-electron chi connectivity index (χ4n) is 2.56. The molecule has 0 atom stereocenters. The lowest BCUT2D eigenvalue weighted by Gasteiger charge is -2.22. The third-order valence-electron chi connectivity index (χ3n) is 3.63. The second-order valence-electron chi connectivity index (χ2n) is 5.45. The number of hydrogen-bond acceptors (Lipinski definition) is 3. The number of aryl methyl sites for hydroxylation is 2. The van der Waals surface area contributed by atoms with Gasteiger partial charge in [0.25, 0.3) is 0 Å². The van der Waals surface area contributed by atoms with Gasteiger partial charge in [-0.2, -0.15) is 0 Å². The molecule has 1 N–H and O–H groups in total. The van der Waals surface area contributed by atoms with E-state index in [1.165, 1.54) is 22.5 Å². The highest BCUT2D eigenvalue weighted by Crippen LogP contribution is 2.26. The van der Waals surface area contributed by atoms with Gasteiger partial charge in [-0.25, -0.2) is 4.98 Å². The van der Waals surface area contributed by atoms with Crippen LogP contribution in [0.15, 0.2) is 36.4 Å². The van der Waals surface area contributed by atoms with Crippen LogP contribution in [0.4, 0.5) is 11.5 Å². The first kappa shape index (κ1) is 15.5. The van der Waals surface area contributed by atoms with Gasteiger partial charge in [0.2, 0.25) is 0 Å². The van der Waals surface area contributed by atoms with Crippen molar-refractivity contribution in [3.8, 4) is 0 Å². The smallest absolute Gasteiger partial charge is 0.133 e. The lowest BCUT2D eigenvalue weighted by atomic mass is 10.1. The summed E-state index contributed by atoms with van der Waals surface area (Å²) >= 11 is 0. The minimum absolute atomic E-state index is 0.869. The van der Waals surface area contributed by atoms with Gasteiger partial charge >= 0.3 is 0 Å². The van der Waals surface area contributed by atoms with Crippen molar-refractivity contribution >= 4 is 11.5 Å². The molecule has 1 heterocycles. The number of aromatic nitrogens is 1. The zero-order valence-electron chi connectivity index (χ0n) is 13.5. The lowest BCUT2D eigenvalue weighted by Crippen LogP contribution is -2.15. The summed E-state index contributed by atoms with van der Waals surface area (Å²) in [7, 11) is 4.06. The highest BCUT2D eigenvalue weighted by molar-refractivity contribution is 5.63. The van der Waals surface area contributed by atoms with Gasteiger partial charge in [0.15, 0.2) is 0 Å². The second kappa shape index (κ2) is 7.23. The van der Waals surface area contributed by atoms with Gasteiger partial charge in [0.05, 0.1) is 0 Å². The Morgan fingerprint density at radius 2 is 1.95 bits per heavy atom. The van der Waals surface area contributed by atoms with Crippen molar-refractivity contribution in [3.05, 3.63) is 53.2 Å². The van der Waals surface area contributed by atoms with Crippen LogP contribution >= 0.6 is 0 Å². The fraction of sp³-hybridized carbons (Fsp3) is 0.389. The molecule has 3 heteroatoms. The molecule has 0 radical (unpaired) electrons. The van der Waals surface area contributed by atoms with Gasteiger partial charge in [-0.3, -0.25) is 0 Å². The van der Waals surface area contributed by atoms with Crippen LogP contribution in [-0.4, -0.2) is 19.1 Å². The number of pyridine rings is 1. The Labute approximate surface area is 128 Å². The Kier molecular flexibility index (Phi) is 5.34. The molecule has 0 aliphatic rings. The standard InChI is InChI=1S/C18H25N3/c1-5-8-16-11-15(13-19-3)12-18(20-16)21(4)17-10-7-6-9-14(17)2/h6-7,9-12,19H,5,8,13H2,1-4H3. The van der Waals surface area contributed by atoms with Crippen molar-refractivity contribution in [2.24, 2.45) is 0 Å². The number of nitrogens with one attached hydrogen (secondary N) is 1. The largest absolute Gasteiger partial charge is 0.329 e. The maximum absolute atomic E-state index is 4.82. The number of anilines is 2. The molecule has 0 aliphatic heterocycles. The topological polar surface area (TPSA) is 28.2 Å². The van der Waals surface area contributed by atoms with Gasteiger partial charge in [-0.1, -0.05) is 31.5 Å². The average Bonchev–Trinajstić information content (AvgIpc) is 2.47. The van der Waals surface area contributed by atoms with Crippen molar-refractivity contribution in [1.29, 1.82) is 0 Å². The molecule has 0 amide bonds. The van der Waals surface area contributed by atoms with Crippen molar-refractivity contribution in [1.82, 2.24) is 10.3 Å². The van der Waals surface area contributed by atoms with E-state index in [9.17, 15) is 0 Å². The van der Waals surface area contributed by atoms with E-state index in [0.717, 1.165) is 25.2 Å². The fourth-order valence-corrected chi connectivity index (χ4v) is 2.56. The summed E-state index contributed by atoms with van der Waals surface area (Å²) in [5, 5.41) is 3.22. The van der Waals surface area contributed by atoms with E-state index in [-0.39, 0.29) is 0 Å². The molecule has 2 rings (SSSR count). The van der Waals surface area contributed by atoms with E-state index in [1.807, 2.05) is 7.05 Å². The maximum atomic E-state index is 4.82. The van der Waals surface area contributed by atoms with E-state index < -0.39 is 0 Å². The lowest BCUT2D eigenvalue weighted by molar-refractivity contribution is 0.804. The number of hydrogen-bond donors (Lipinski definition) is 1. The summed E-state index contributed by atoms with van der Waals surface area (Å²) in [6.45, 7) is 5.20. The summed E-state index contributed by atoms with van der Waals surface area (Å²) in [5.41, 5.74) is 4.92. The van der Waals surface area contributed by atoms with Crippen LogP contribution in [0.3, 0.4) is 0 Å². The van der Waals surface area contributed by atoms with E-state index in [1.54, 1.807) is 0 Å². The Morgan fingerprint density at radius 3 is 2.62 bits per heavy atom. The van der Waals surface area contributed by atoms with Crippen molar-refractivity contribution < 1.29 is 0 Å². The molecule has 0 fully saturated rings. The third-order valence-corrected chi connectivity index (χ3v) is 3.63. The molecule has 3 nitrogen and oxygen atoms in total. The predicted octanol–water partition coefficient (Wildman–Crippen LogP) is 3.83. The van der Waals surface area contributed by atoms with Crippen LogP contribution in [0, 0.1) is 6.92 Å². The van der Waals surface area contributed by atoms with Gasteiger partial charge in [-0.15, -0.1) is 0 Å². The molecule has 2 aromatic rings. The first-order chi connectivity index (χ1) is 10.2. The van der Waals surface area contributed by atoms with Crippen molar-refractivity contribution in [3.63, 3.8) is 0 Å². The minimum atomic E-state index is 0.869. The summed E-state index contributed by atoms with van der Waals surface area (Å²) in [6.07, 6.45) is 2.13. The van der Waals surface area contributed by atoms with E-state index in [4.69, 9.17) is 4.98 Å². The average molecular weight is 283 g/mol. The molecular formula is C18H25N3. The van der Waals surface area contributed by atoms with Crippen LogP contribution in [0.1, 0.15) is 30.2 Å². The first-order valence-corrected chi connectivity index (χ1v) is 7.59. The van der Waals surface area contributed by atoms with Crippen LogP contribution in [0.2, 0.25) is 0 Å². The first-order valence-electron chi connectivity index (χ1n) is 7.59. The normalized spacial score (nSPS) is 10.7. The zero-order chi connectivity index (χ0) is 15.2. The molecule has 0 saturated heterocycles. The quantitative estimate of drug-likeness (QED) is 0.873. The van der Waals surface area contributed by atoms with Gasteiger partial charge in [0.1, 0.15) is 5.82 Å². The molecule has 1 aromatic heterocycles. The molecular weight excluding hydrogens is 258 g/mol. The Bertz CT molecular complexity index is 569. The molecule has 0 bridgehead atoms. The molecule has 0 aliphatic carbocycles. The van der Waals surface area contributed by atoms with Crippen LogP contribution in [0.25, 0.3) is 0 Å². The number of para-hydroxylation sites is 1. The number of rotatable bonds is 6. The third kappa shape index (κ3) is 3.82. The summed E-state index contributed by atoms with van der Waals surface area (Å²) < 4.78 is 0. The SMILES string of the molecule is CCCc1cc(CNC)cc(N(C)c2ccccc2C)n1. The molecule has 0 unspecified atom stereocenters. The highest BCUT2D eigenvalue weighted by atomic mass is 15.2. The molecule has 0 saturated carbocycles. The van der Waals surface area contributed by atoms with Gasteiger partial charge in [0, 0.05) is 25.0 Å². The minimum Gasteiger partial charge on any atom is -0.329 e. The Morgan fingerprint density at radius 1 is 1.19 bits per heavy atom. The maximum Gasteiger partial charge on any atom is 0.133 e. The zero-order valence-corrected chi connectivity index (χ0v) is 13.5. The van der Waals surface area contributed by atoms with E-state index in [0.29, 0.717) is 0 Å². The van der Waals surface area contributed by atoms with Crippen LogP contribution in [0.5, 0.6) is 0 Å². The van der Waals surface area contributed by atoms with Gasteiger partial charge in [-0.05, 0) is 49.7 Å². The summed E-state index contributed by atoms with van der Waals surface area (Å²) in [6, 6.07) is 12.8. The highest BCUT2D eigenvalue weighted by Gasteiger charge is 2.10. The van der Waals surface area contributed by atoms with E-state index in [2.05, 4.69) is 67.5 Å². The van der Waals surface area contributed by atoms with Crippen LogP contribution in [-0.2, 0) is 13.0 Å². The molecule has 21 heavy (non-hydrogen) atoms.